The van der Waals surface area contributed by atoms with Crippen molar-refractivity contribution in [1.29, 1.82) is 0 Å². The average molecular weight is 324 g/mol. The first-order valence-corrected chi connectivity index (χ1v) is 7.36. The maximum atomic E-state index is 11.5. The van der Waals surface area contributed by atoms with Gasteiger partial charge in [-0.25, -0.2) is 0 Å². The van der Waals surface area contributed by atoms with Crippen LogP contribution in [0.15, 0.2) is 54.7 Å². The molecular weight excluding hydrogens is 308 g/mol. The molecule has 122 valence electrons. The first kappa shape index (κ1) is 15.6. The van der Waals surface area contributed by atoms with Crippen molar-refractivity contribution in [2.24, 2.45) is 5.73 Å². The summed E-state index contributed by atoms with van der Waals surface area (Å²) in [5, 5.41) is 9.63. The molecule has 0 radical (unpaired) electrons. The molecule has 0 bridgehead atoms. The summed E-state index contributed by atoms with van der Waals surface area (Å²) >= 11 is 0. The highest BCUT2D eigenvalue weighted by molar-refractivity contribution is 6.06. The molecule has 3 aromatic rings. The van der Waals surface area contributed by atoms with Crippen LogP contribution in [-0.2, 0) is 17.9 Å². The van der Waals surface area contributed by atoms with Gasteiger partial charge in [0.2, 0.25) is 0 Å². The van der Waals surface area contributed by atoms with Crippen LogP contribution >= 0.6 is 0 Å². The van der Waals surface area contributed by atoms with Gasteiger partial charge in [-0.15, -0.1) is 0 Å². The van der Waals surface area contributed by atoms with E-state index in [0.29, 0.717) is 28.8 Å². The lowest BCUT2D eigenvalue weighted by atomic mass is 10.1. The Morgan fingerprint density at radius 3 is 2.54 bits per heavy atom. The van der Waals surface area contributed by atoms with Crippen LogP contribution in [0.2, 0.25) is 0 Å². The minimum Gasteiger partial charge on any atom is -0.489 e. The van der Waals surface area contributed by atoms with Crippen molar-refractivity contribution < 1.29 is 19.4 Å². The van der Waals surface area contributed by atoms with E-state index in [1.54, 1.807) is 18.2 Å². The van der Waals surface area contributed by atoms with Crippen molar-refractivity contribution in [2.45, 2.75) is 13.2 Å². The second-order valence-corrected chi connectivity index (χ2v) is 5.38. The first-order valence-electron chi connectivity index (χ1n) is 7.36. The number of aliphatic carboxylic acids is 1. The number of carboxylic acids is 1. The van der Waals surface area contributed by atoms with Gasteiger partial charge in [0.25, 0.3) is 5.91 Å². The average Bonchev–Trinajstić information content (AvgIpc) is 2.91. The molecule has 0 aliphatic heterocycles. The molecule has 3 rings (SSSR count). The summed E-state index contributed by atoms with van der Waals surface area (Å²) in [6, 6.07) is 14.9. The highest BCUT2D eigenvalue weighted by Crippen LogP contribution is 2.26. The predicted molar refractivity (Wildman–Crippen MR) is 88.9 cm³/mol. The quantitative estimate of drug-likeness (QED) is 0.728. The normalized spacial score (nSPS) is 10.7. The highest BCUT2D eigenvalue weighted by atomic mass is 16.5. The molecule has 2 aromatic carbocycles. The van der Waals surface area contributed by atoms with E-state index >= 15 is 0 Å². The summed E-state index contributed by atoms with van der Waals surface area (Å²) in [5.41, 5.74) is 7.28. The van der Waals surface area contributed by atoms with Crippen LogP contribution in [0.3, 0.4) is 0 Å². The van der Waals surface area contributed by atoms with E-state index in [4.69, 9.17) is 15.6 Å². The third-order valence-electron chi connectivity index (χ3n) is 3.67. The first-order chi connectivity index (χ1) is 11.5. The molecule has 0 fully saturated rings. The zero-order chi connectivity index (χ0) is 17.1. The fraction of sp³-hybridized carbons (Fsp3) is 0.111. The molecule has 1 heterocycles. The number of amides is 1. The SMILES string of the molecule is NC(=O)c1cn(CC(=O)O)c2cc(OCc3ccccc3)ccc12. The standard InChI is InChI=1S/C18H16N2O4/c19-18(23)15-9-20(10-17(21)22)16-8-13(6-7-14(15)16)24-11-12-4-2-1-3-5-12/h1-9H,10-11H2,(H2,19,23)(H,21,22). The lowest BCUT2D eigenvalue weighted by Gasteiger charge is -2.08. The van der Waals surface area contributed by atoms with Crippen LogP contribution in [0.5, 0.6) is 5.75 Å². The Morgan fingerprint density at radius 2 is 1.88 bits per heavy atom. The van der Waals surface area contributed by atoms with Gasteiger partial charge in [0.1, 0.15) is 18.9 Å². The molecule has 0 aliphatic carbocycles. The summed E-state index contributed by atoms with van der Waals surface area (Å²) in [6.07, 6.45) is 1.46. The van der Waals surface area contributed by atoms with Gasteiger partial charge in [-0.2, -0.15) is 0 Å². The molecule has 0 aliphatic rings. The van der Waals surface area contributed by atoms with Crippen molar-refractivity contribution >= 4 is 22.8 Å². The third-order valence-corrected chi connectivity index (χ3v) is 3.67. The number of carbonyl (C=O) groups excluding carboxylic acids is 1. The molecule has 0 atom stereocenters. The van der Waals surface area contributed by atoms with Crippen LogP contribution < -0.4 is 10.5 Å². The fourth-order valence-electron chi connectivity index (χ4n) is 2.58. The van der Waals surface area contributed by atoms with E-state index in [1.807, 2.05) is 30.3 Å². The molecule has 6 nitrogen and oxygen atoms in total. The van der Waals surface area contributed by atoms with Crippen molar-refractivity contribution in [3.63, 3.8) is 0 Å². The molecule has 0 unspecified atom stereocenters. The number of fused-ring (bicyclic) bond motifs is 1. The molecule has 3 N–H and O–H groups in total. The smallest absolute Gasteiger partial charge is 0.323 e. The van der Waals surface area contributed by atoms with Crippen LogP contribution in [0.4, 0.5) is 0 Å². The number of carboxylic acid groups (broad SMARTS) is 1. The fourth-order valence-corrected chi connectivity index (χ4v) is 2.58. The van der Waals surface area contributed by atoms with Gasteiger partial charge in [0, 0.05) is 17.6 Å². The molecular formula is C18H16N2O4. The van der Waals surface area contributed by atoms with Crippen molar-refractivity contribution in [3.05, 3.63) is 65.9 Å². The summed E-state index contributed by atoms with van der Waals surface area (Å²) in [4.78, 5) is 22.6. The van der Waals surface area contributed by atoms with Crippen LogP contribution in [-0.4, -0.2) is 21.6 Å². The molecule has 24 heavy (non-hydrogen) atoms. The zero-order valence-electron chi connectivity index (χ0n) is 12.8. The number of aromatic nitrogens is 1. The minimum atomic E-state index is -1.00. The lowest BCUT2D eigenvalue weighted by Crippen LogP contribution is -2.11. The van der Waals surface area contributed by atoms with E-state index in [2.05, 4.69) is 0 Å². The molecule has 0 saturated heterocycles. The topological polar surface area (TPSA) is 94.6 Å². The van der Waals surface area contributed by atoms with E-state index in [1.165, 1.54) is 10.8 Å². The number of nitrogens with zero attached hydrogens (tertiary/aromatic N) is 1. The Hall–Kier alpha value is -3.28. The molecule has 6 heteroatoms. The molecule has 1 amide bonds. The van der Waals surface area contributed by atoms with Gasteiger partial charge in [-0.05, 0) is 17.7 Å². The summed E-state index contributed by atoms with van der Waals surface area (Å²) in [7, 11) is 0. The second-order valence-electron chi connectivity index (χ2n) is 5.38. The van der Waals surface area contributed by atoms with Gasteiger partial charge in [0.05, 0.1) is 11.1 Å². The number of carbonyl (C=O) groups is 2. The van der Waals surface area contributed by atoms with E-state index in [-0.39, 0.29) is 6.54 Å². The summed E-state index contributed by atoms with van der Waals surface area (Å²) in [6.45, 7) is 0.139. The van der Waals surface area contributed by atoms with Crippen LogP contribution in [0, 0.1) is 0 Å². The van der Waals surface area contributed by atoms with Gasteiger partial charge in [-0.3, -0.25) is 9.59 Å². The predicted octanol–water partition coefficient (Wildman–Crippen LogP) is 2.40. The Balaban J connectivity index is 1.93. The molecule has 0 spiro atoms. The number of hydrogen-bond acceptors (Lipinski definition) is 3. The van der Waals surface area contributed by atoms with Gasteiger partial charge >= 0.3 is 5.97 Å². The number of nitrogens with two attached hydrogens (primary N) is 1. The number of benzene rings is 2. The van der Waals surface area contributed by atoms with Gasteiger partial charge < -0.3 is 20.1 Å². The van der Waals surface area contributed by atoms with E-state index in [0.717, 1.165) is 5.56 Å². The van der Waals surface area contributed by atoms with E-state index in [9.17, 15) is 9.59 Å². The largest absolute Gasteiger partial charge is 0.489 e. The highest BCUT2D eigenvalue weighted by Gasteiger charge is 2.15. The van der Waals surface area contributed by atoms with Crippen molar-refractivity contribution in [2.75, 3.05) is 0 Å². The summed E-state index contributed by atoms with van der Waals surface area (Å²) < 4.78 is 7.23. The van der Waals surface area contributed by atoms with Crippen LogP contribution in [0.1, 0.15) is 15.9 Å². The number of hydrogen-bond donors (Lipinski definition) is 2. The van der Waals surface area contributed by atoms with Gasteiger partial charge in [0.15, 0.2) is 0 Å². The number of primary amides is 1. The summed E-state index contributed by atoms with van der Waals surface area (Å²) in [5.74, 6) is -1.01. The zero-order valence-corrected chi connectivity index (χ0v) is 12.8. The monoisotopic (exact) mass is 324 g/mol. The molecule has 1 aromatic heterocycles. The Bertz CT molecular complexity index is 900. The van der Waals surface area contributed by atoms with Crippen molar-refractivity contribution in [3.8, 4) is 5.75 Å². The lowest BCUT2D eigenvalue weighted by molar-refractivity contribution is -0.137. The van der Waals surface area contributed by atoms with Crippen molar-refractivity contribution in [1.82, 2.24) is 4.57 Å². The number of ether oxygens (including phenoxy) is 1. The maximum Gasteiger partial charge on any atom is 0.323 e. The molecule has 0 saturated carbocycles. The van der Waals surface area contributed by atoms with E-state index < -0.39 is 11.9 Å². The van der Waals surface area contributed by atoms with Crippen LogP contribution in [0.25, 0.3) is 10.9 Å². The Kier molecular flexibility index (Phi) is 4.20. The maximum absolute atomic E-state index is 11.5. The Morgan fingerprint density at radius 1 is 1.12 bits per heavy atom. The second kappa shape index (κ2) is 6.45. The number of rotatable bonds is 6. The van der Waals surface area contributed by atoms with Gasteiger partial charge in [-0.1, -0.05) is 30.3 Å². The Labute approximate surface area is 138 Å². The third kappa shape index (κ3) is 3.22. The minimum absolute atomic E-state index is 0.258.